The first-order valence-corrected chi connectivity index (χ1v) is 8.37. The van der Waals surface area contributed by atoms with Crippen LogP contribution in [0.1, 0.15) is 54.7 Å². The Kier molecular flexibility index (Phi) is 3.68. The third kappa shape index (κ3) is 2.33. The Labute approximate surface area is 133 Å². The lowest BCUT2D eigenvalue weighted by Gasteiger charge is -2.31. The van der Waals surface area contributed by atoms with Gasteiger partial charge in [0.15, 0.2) is 5.78 Å². The van der Waals surface area contributed by atoms with Crippen molar-refractivity contribution in [2.24, 2.45) is 0 Å². The number of ketones is 1. The van der Waals surface area contributed by atoms with E-state index in [9.17, 15) is 9.59 Å². The Morgan fingerprint density at radius 2 is 1.76 bits per heavy atom. The van der Waals surface area contributed by atoms with Crippen molar-refractivity contribution in [3.05, 3.63) is 33.3 Å². The molecule has 4 heteroatoms. The van der Waals surface area contributed by atoms with Crippen LogP contribution in [-0.2, 0) is 9.59 Å². The number of benzene rings is 1. The second kappa shape index (κ2) is 5.24. The highest BCUT2D eigenvalue weighted by atomic mass is 79.9. The second-order valence-corrected chi connectivity index (χ2v) is 7.24. The van der Waals surface area contributed by atoms with Gasteiger partial charge in [-0.3, -0.25) is 9.59 Å². The summed E-state index contributed by atoms with van der Waals surface area (Å²) in [4.78, 5) is 25.4. The van der Waals surface area contributed by atoms with Gasteiger partial charge < -0.3 is 5.32 Å². The van der Waals surface area contributed by atoms with E-state index in [0.717, 1.165) is 53.3 Å². The average Bonchev–Trinajstić information content (AvgIpc) is 2.67. The molecule has 0 radical (unpaired) electrons. The molecule has 1 aromatic rings. The summed E-state index contributed by atoms with van der Waals surface area (Å²) in [5.74, 6) is -0.668. The van der Waals surface area contributed by atoms with Crippen LogP contribution in [0.15, 0.2) is 16.6 Å². The fourth-order valence-corrected chi connectivity index (χ4v) is 4.15. The minimum atomic E-state index is -0.630. The van der Waals surface area contributed by atoms with Crippen LogP contribution in [0.3, 0.4) is 0 Å². The van der Waals surface area contributed by atoms with Gasteiger partial charge in [-0.2, -0.15) is 0 Å². The summed E-state index contributed by atoms with van der Waals surface area (Å²) in [5.41, 5.74) is 2.32. The average molecular weight is 350 g/mol. The number of nitrogens with one attached hydrogen (secondary N) is 1. The van der Waals surface area contributed by atoms with E-state index in [1.165, 1.54) is 0 Å². The Bertz CT molecular complexity index is 617. The molecule has 0 bridgehead atoms. The van der Waals surface area contributed by atoms with Crippen molar-refractivity contribution in [2.75, 3.05) is 0 Å². The highest BCUT2D eigenvalue weighted by molar-refractivity contribution is 9.10. The SMILES string of the molecule is Cc1cc(C2C(=O)NC3(CCCCC3)C2=O)c(C)cc1Br. The fraction of sp³-hybridized carbons (Fsp3) is 0.529. The normalized spacial score (nSPS) is 24.4. The number of halogens is 1. The molecule has 1 unspecified atom stereocenters. The minimum Gasteiger partial charge on any atom is -0.343 e. The standard InChI is InChI=1S/C17H20BrNO2/c1-10-9-13(18)11(2)8-12(10)14-15(20)17(19-16(14)21)6-4-3-5-7-17/h8-9,14H,3-7H2,1-2H3,(H,19,21). The zero-order chi connectivity index (χ0) is 15.2. The van der Waals surface area contributed by atoms with Crippen molar-refractivity contribution in [1.29, 1.82) is 0 Å². The van der Waals surface area contributed by atoms with Gasteiger partial charge in [0.25, 0.3) is 0 Å². The number of carbonyl (C=O) groups is 2. The number of hydrogen-bond acceptors (Lipinski definition) is 2. The summed E-state index contributed by atoms with van der Waals surface area (Å²) in [5, 5.41) is 3.03. The summed E-state index contributed by atoms with van der Waals surface area (Å²) in [6.07, 6.45) is 4.80. The first-order valence-electron chi connectivity index (χ1n) is 7.58. The van der Waals surface area contributed by atoms with Gasteiger partial charge in [0.05, 0.1) is 5.54 Å². The highest BCUT2D eigenvalue weighted by Crippen LogP contribution is 2.40. The molecule has 0 aromatic heterocycles. The molecule has 1 saturated carbocycles. The molecular weight excluding hydrogens is 330 g/mol. The van der Waals surface area contributed by atoms with E-state index < -0.39 is 11.5 Å². The number of Topliss-reactive ketones (excluding diaryl/α,β-unsaturated/α-hetero) is 1. The molecular formula is C17H20BrNO2. The van der Waals surface area contributed by atoms with Gasteiger partial charge in [0.1, 0.15) is 5.92 Å². The Morgan fingerprint density at radius 1 is 1.10 bits per heavy atom. The van der Waals surface area contributed by atoms with Gasteiger partial charge in [-0.05, 0) is 49.4 Å². The first-order chi connectivity index (χ1) is 9.94. The number of amides is 1. The fourth-order valence-electron chi connectivity index (χ4n) is 3.69. The van der Waals surface area contributed by atoms with E-state index in [0.29, 0.717) is 0 Å². The molecule has 1 amide bonds. The molecule has 1 atom stereocenters. The first kappa shape index (κ1) is 14.8. The predicted molar refractivity (Wildman–Crippen MR) is 85.3 cm³/mol. The lowest BCUT2D eigenvalue weighted by atomic mass is 9.76. The van der Waals surface area contributed by atoms with Gasteiger partial charge in [0.2, 0.25) is 5.91 Å². The highest BCUT2D eigenvalue weighted by Gasteiger charge is 2.53. The Balaban J connectivity index is 2.01. The zero-order valence-corrected chi connectivity index (χ0v) is 14.0. The van der Waals surface area contributed by atoms with Crippen LogP contribution in [0.5, 0.6) is 0 Å². The molecule has 1 aliphatic heterocycles. The second-order valence-electron chi connectivity index (χ2n) is 6.39. The molecule has 1 spiro atoms. The molecule has 1 aliphatic carbocycles. The molecule has 1 N–H and O–H groups in total. The van der Waals surface area contributed by atoms with Crippen LogP contribution in [-0.4, -0.2) is 17.2 Å². The maximum Gasteiger partial charge on any atom is 0.235 e. The van der Waals surface area contributed by atoms with E-state index in [1.54, 1.807) is 0 Å². The summed E-state index contributed by atoms with van der Waals surface area (Å²) in [6.45, 7) is 3.95. The van der Waals surface area contributed by atoms with Crippen LogP contribution in [0.25, 0.3) is 0 Å². The van der Waals surface area contributed by atoms with Crippen LogP contribution in [0.4, 0.5) is 0 Å². The van der Waals surface area contributed by atoms with Crippen molar-refractivity contribution in [1.82, 2.24) is 5.32 Å². The van der Waals surface area contributed by atoms with Gasteiger partial charge in [0, 0.05) is 4.47 Å². The summed E-state index contributed by atoms with van der Waals surface area (Å²) >= 11 is 3.50. The van der Waals surface area contributed by atoms with Crippen molar-refractivity contribution in [2.45, 2.75) is 57.4 Å². The van der Waals surface area contributed by atoms with Crippen molar-refractivity contribution in [3.63, 3.8) is 0 Å². The maximum atomic E-state index is 12.9. The van der Waals surface area contributed by atoms with Gasteiger partial charge in [-0.15, -0.1) is 0 Å². The van der Waals surface area contributed by atoms with Crippen molar-refractivity contribution < 1.29 is 9.59 Å². The summed E-state index contributed by atoms with van der Waals surface area (Å²) in [7, 11) is 0. The van der Waals surface area contributed by atoms with E-state index in [2.05, 4.69) is 21.2 Å². The van der Waals surface area contributed by atoms with Crippen molar-refractivity contribution in [3.8, 4) is 0 Å². The molecule has 2 fully saturated rings. The molecule has 3 rings (SSSR count). The Hall–Kier alpha value is -1.16. The number of rotatable bonds is 1. The number of carbonyl (C=O) groups excluding carboxylic acids is 2. The lowest BCUT2D eigenvalue weighted by molar-refractivity contribution is -0.125. The van der Waals surface area contributed by atoms with E-state index in [1.807, 2.05) is 26.0 Å². The Morgan fingerprint density at radius 3 is 2.43 bits per heavy atom. The van der Waals surface area contributed by atoms with E-state index >= 15 is 0 Å². The largest absolute Gasteiger partial charge is 0.343 e. The third-order valence-corrected chi connectivity index (χ3v) is 5.78. The van der Waals surface area contributed by atoms with Gasteiger partial charge in [-0.25, -0.2) is 0 Å². The molecule has 2 aliphatic rings. The number of hydrogen-bond donors (Lipinski definition) is 1. The van der Waals surface area contributed by atoms with Crippen LogP contribution in [0.2, 0.25) is 0 Å². The van der Waals surface area contributed by atoms with Crippen molar-refractivity contribution >= 4 is 27.6 Å². The smallest absolute Gasteiger partial charge is 0.235 e. The van der Waals surface area contributed by atoms with Gasteiger partial charge in [-0.1, -0.05) is 41.3 Å². The third-order valence-electron chi connectivity index (χ3n) is 4.92. The topological polar surface area (TPSA) is 46.2 Å². The predicted octanol–water partition coefficient (Wildman–Crippen LogP) is 3.55. The molecule has 1 saturated heterocycles. The maximum absolute atomic E-state index is 12.9. The van der Waals surface area contributed by atoms with Gasteiger partial charge >= 0.3 is 0 Å². The summed E-state index contributed by atoms with van der Waals surface area (Å²) in [6, 6.07) is 3.97. The van der Waals surface area contributed by atoms with E-state index in [-0.39, 0.29) is 11.7 Å². The zero-order valence-electron chi connectivity index (χ0n) is 12.5. The van der Waals surface area contributed by atoms with Crippen LogP contribution < -0.4 is 5.32 Å². The molecule has 3 nitrogen and oxygen atoms in total. The molecule has 21 heavy (non-hydrogen) atoms. The molecule has 112 valence electrons. The van der Waals surface area contributed by atoms with Crippen LogP contribution >= 0.6 is 15.9 Å². The van der Waals surface area contributed by atoms with Crippen LogP contribution in [0, 0.1) is 13.8 Å². The summed E-state index contributed by atoms with van der Waals surface area (Å²) < 4.78 is 1.02. The molecule has 1 aromatic carbocycles. The quantitative estimate of drug-likeness (QED) is 0.788. The van der Waals surface area contributed by atoms with E-state index in [4.69, 9.17) is 0 Å². The lowest BCUT2D eigenvalue weighted by Crippen LogP contribution is -2.47. The molecule has 1 heterocycles. The monoisotopic (exact) mass is 349 g/mol. The minimum absolute atomic E-state index is 0.0806. The number of aryl methyl sites for hydroxylation is 2.